The van der Waals surface area contributed by atoms with E-state index in [9.17, 15) is 13.6 Å². The summed E-state index contributed by atoms with van der Waals surface area (Å²) in [6, 6.07) is 0. The van der Waals surface area contributed by atoms with E-state index >= 15 is 0 Å². The molecule has 1 rings (SSSR count). The largest absolute Gasteiger partial charge is 0.478 e. The van der Waals surface area contributed by atoms with Crippen molar-refractivity contribution in [2.45, 2.75) is 20.4 Å². The van der Waals surface area contributed by atoms with E-state index in [1.807, 2.05) is 0 Å². The van der Waals surface area contributed by atoms with Crippen molar-refractivity contribution in [1.82, 2.24) is 9.78 Å². The fraction of sp³-hybridized carbons (Fsp3) is 0.429. The number of aromatic carboxylic acids is 1. The first kappa shape index (κ1) is 9.63. The number of nitrogens with zero attached hydrogens (tertiary/aromatic N) is 2. The van der Waals surface area contributed by atoms with Crippen LogP contribution in [0.5, 0.6) is 0 Å². The van der Waals surface area contributed by atoms with Crippen LogP contribution < -0.4 is 0 Å². The second-order valence-corrected chi connectivity index (χ2v) is 2.57. The molecule has 0 aliphatic heterocycles. The van der Waals surface area contributed by atoms with Gasteiger partial charge in [0.1, 0.15) is 5.56 Å². The Balaban J connectivity index is 3.30. The zero-order valence-corrected chi connectivity index (χ0v) is 7.08. The molecule has 1 N–H and O–H groups in total. The normalized spacial score (nSPS) is 10.8. The molecule has 0 aliphatic rings. The lowest BCUT2D eigenvalue weighted by atomic mass is 10.2. The van der Waals surface area contributed by atoms with Crippen LogP contribution >= 0.6 is 0 Å². The van der Waals surface area contributed by atoms with Gasteiger partial charge in [-0.1, -0.05) is 0 Å². The molecule has 0 bridgehead atoms. The Morgan fingerprint density at radius 3 is 2.31 bits per heavy atom. The van der Waals surface area contributed by atoms with E-state index in [1.165, 1.54) is 13.8 Å². The molecule has 4 nitrogen and oxygen atoms in total. The van der Waals surface area contributed by atoms with E-state index in [1.54, 1.807) is 0 Å². The minimum Gasteiger partial charge on any atom is -0.478 e. The predicted molar refractivity (Wildman–Crippen MR) is 39.9 cm³/mol. The van der Waals surface area contributed by atoms with Crippen LogP contribution in [-0.4, -0.2) is 20.9 Å². The van der Waals surface area contributed by atoms with Gasteiger partial charge in [-0.25, -0.2) is 9.48 Å². The first-order valence-electron chi connectivity index (χ1n) is 3.52. The number of aromatic nitrogens is 2. The van der Waals surface area contributed by atoms with Crippen LogP contribution in [0.15, 0.2) is 0 Å². The molecule has 1 aromatic rings. The zero-order chi connectivity index (χ0) is 10.2. The van der Waals surface area contributed by atoms with Crippen LogP contribution in [0, 0.1) is 13.8 Å². The van der Waals surface area contributed by atoms with Gasteiger partial charge in [-0.15, -0.1) is 0 Å². The van der Waals surface area contributed by atoms with Crippen molar-refractivity contribution in [1.29, 1.82) is 0 Å². The zero-order valence-electron chi connectivity index (χ0n) is 7.08. The third-order valence-electron chi connectivity index (χ3n) is 1.72. The van der Waals surface area contributed by atoms with E-state index in [4.69, 9.17) is 5.11 Å². The molecule has 1 aromatic heterocycles. The van der Waals surface area contributed by atoms with Gasteiger partial charge in [0.05, 0.1) is 11.4 Å². The van der Waals surface area contributed by atoms with Gasteiger partial charge in [0, 0.05) is 0 Å². The molecule has 0 atom stereocenters. The van der Waals surface area contributed by atoms with Gasteiger partial charge in [-0.3, -0.25) is 0 Å². The number of carboxylic acids is 1. The maximum absolute atomic E-state index is 12.2. The summed E-state index contributed by atoms with van der Waals surface area (Å²) >= 11 is 0. The monoisotopic (exact) mass is 190 g/mol. The average molecular weight is 190 g/mol. The summed E-state index contributed by atoms with van der Waals surface area (Å²) in [6.45, 7) is -0.114. The van der Waals surface area contributed by atoms with Gasteiger partial charge in [0.25, 0.3) is 0 Å². The van der Waals surface area contributed by atoms with E-state index in [2.05, 4.69) is 5.10 Å². The SMILES string of the molecule is Cc1nn(C(F)F)c(C)c1C(=O)O. The fourth-order valence-electron chi connectivity index (χ4n) is 1.16. The second-order valence-electron chi connectivity index (χ2n) is 2.57. The Morgan fingerprint density at radius 1 is 1.54 bits per heavy atom. The van der Waals surface area contributed by atoms with Crippen LogP contribution in [0.25, 0.3) is 0 Å². The molecule has 1 heterocycles. The Morgan fingerprint density at radius 2 is 2.08 bits per heavy atom. The highest BCUT2D eigenvalue weighted by atomic mass is 19.3. The summed E-state index contributed by atoms with van der Waals surface area (Å²) in [6.07, 6.45) is 0. The van der Waals surface area contributed by atoms with Gasteiger partial charge in [-0.05, 0) is 13.8 Å². The number of carboxylic acid groups (broad SMARTS) is 1. The lowest BCUT2D eigenvalue weighted by molar-refractivity contribution is 0.0538. The Bertz CT molecular complexity index is 347. The van der Waals surface area contributed by atoms with Crippen molar-refractivity contribution >= 4 is 5.97 Å². The lowest BCUT2D eigenvalue weighted by Gasteiger charge is -2.00. The molecule has 0 spiro atoms. The van der Waals surface area contributed by atoms with E-state index < -0.39 is 12.5 Å². The molecule has 0 radical (unpaired) electrons. The third-order valence-corrected chi connectivity index (χ3v) is 1.72. The summed E-state index contributed by atoms with van der Waals surface area (Å²) in [7, 11) is 0. The molecule has 0 saturated heterocycles. The fourth-order valence-corrected chi connectivity index (χ4v) is 1.16. The molecule has 0 unspecified atom stereocenters. The summed E-state index contributed by atoms with van der Waals surface area (Å²) in [5.41, 5.74) is -0.0781. The first-order valence-corrected chi connectivity index (χ1v) is 3.52. The van der Waals surface area contributed by atoms with Gasteiger partial charge < -0.3 is 5.11 Å². The smallest absolute Gasteiger partial charge is 0.339 e. The van der Waals surface area contributed by atoms with Gasteiger partial charge >= 0.3 is 12.5 Å². The third kappa shape index (κ3) is 1.51. The highest BCUT2D eigenvalue weighted by Gasteiger charge is 2.21. The van der Waals surface area contributed by atoms with Gasteiger partial charge in [0.2, 0.25) is 0 Å². The highest BCUT2D eigenvalue weighted by Crippen LogP contribution is 2.18. The minimum absolute atomic E-state index is 0.0278. The molecule has 0 saturated carbocycles. The topological polar surface area (TPSA) is 55.1 Å². The number of alkyl halides is 2. The number of hydrogen-bond donors (Lipinski definition) is 1. The molecule has 0 amide bonds. The van der Waals surface area contributed by atoms with Crippen LogP contribution in [0.1, 0.15) is 28.3 Å². The molecule has 13 heavy (non-hydrogen) atoms. The maximum Gasteiger partial charge on any atom is 0.339 e. The number of aryl methyl sites for hydroxylation is 1. The number of carbonyl (C=O) groups is 1. The molecular formula is C7H8F2N2O2. The number of hydrogen-bond acceptors (Lipinski definition) is 2. The van der Waals surface area contributed by atoms with Crippen LogP contribution in [-0.2, 0) is 0 Å². The Kier molecular flexibility index (Phi) is 2.31. The highest BCUT2D eigenvalue weighted by molar-refractivity contribution is 5.90. The van der Waals surface area contributed by atoms with Crippen molar-refractivity contribution in [3.63, 3.8) is 0 Å². The van der Waals surface area contributed by atoms with Crippen molar-refractivity contribution in [2.24, 2.45) is 0 Å². The quantitative estimate of drug-likeness (QED) is 0.770. The number of halogens is 2. The van der Waals surface area contributed by atoms with E-state index in [-0.39, 0.29) is 17.0 Å². The maximum atomic E-state index is 12.2. The summed E-state index contributed by atoms with van der Waals surface area (Å²) in [5, 5.41) is 12.1. The van der Waals surface area contributed by atoms with Crippen LogP contribution in [0.2, 0.25) is 0 Å². The second kappa shape index (κ2) is 3.12. The van der Waals surface area contributed by atoms with Gasteiger partial charge in [-0.2, -0.15) is 13.9 Å². The van der Waals surface area contributed by atoms with Crippen molar-refractivity contribution in [3.05, 3.63) is 17.0 Å². The average Bonchev–Trinajstić information content (AvgIpc) is 2.26. The lowest BCUT2D eigenvalue weighted by Crippen LogP contribution is -2.04. The van der Waals surface area contributed by atoms with E-state index in [0.29, 0.717) is 4.68 Å². The molecule has 0 aliphatic carbocycles. The molecule has 6 heteroatoms. The van der Waals surface area contributed by atoms with Crippen molar-refractivity contribution < 1.29 is 18.7 Å². The minimum atomic E-state index is -2.80. The molecule has 0 aromatic carbocycles. The van der Waals surface area contributed by atoms with Crippen molar-refractivity contribution in [3.8, 4) is 0 Å². The molecule has 72 valence electrons. The summed E-state index contributed by atoms with van der Waals surface area (Å²) in [4.78, 5) is 10.6. The first-order chi connectivity index (χ1) is 5.95. The van der Waals surface area contributed by atoms with Crippen LogP contribution in [0.4, 0.5) is 8.78 Å². The van der Waals surface area contributed by atoms with Crippen LogP contribution in [0.3, 0.4) is 0 Å². The predicted octanol–water partition coefficient (Wildman–Crippen LogP) is 1.59. The van der Waals surface area contributed by atoms with Crippen molar-refractivity contribution in [2.75, 3.05) is 0 Å². The summed E-state index contributed by atoms with van der Waals surface area (Å²) in [5.74, 6) is -1.23. The van der Waals surface area contributed by atoms with Gasteiger partial charge in [0.15, 0.2) is 0 Å². The summed E-state index contributed by atoms with van der Waals surface area (Å²) < 4.78 is 24.8. The Hall–Kier alpha value is -1.46. The number of rotatable bonds is 2. The molecular weight excluding hydrogens is 182 g/mol. The molecule has 0 fully saturated rings. The standard InChI is InChI=1S/C7H8F2N2O2/c1-3-5(6(12)13)4(2)11(10-3)7(8)9/h7H,1-2H3,(H,12,13). The Labute approximate surface area is 72.8 Å². The van der Waals surface area contributed by atoms with E-state index in [0.717, 1.165) is 0 Å².